The quantitative estimate of drug-likeness (QED) is 0.393. The number of imidazole rings is 1. The summed E-state index contributed by atoms with van der Waals surface area (Å²) in [6, 6.07) is 14.3. The molecule has 0 atom stereocenters. The van der Waals surface area contributed by atoms with E-state index in [1.165, 1.54) is 18.3 Å². The molecule has 7 nitrogen and oxygen atoms in total. The summed E-state index contributed by atoms with van der Waals surface area (Å²) in [4.78, 5) is 28.2. The lowest BCUT2D eigenvalue weighted by Gasteiger charge is -2.07. The molecule has 8 heteroatoms. The summed E-state index contributed by atoms with van der Waals surface area (Å²) < 4.78 is 13.6. The maximum absolute atomic E-state index is 13.6. The first-order valence-electron chi connectivity index (χ1n) is 9.66. The highest BCUT2D eigenvalue weighted by Gasteiger charge is 2.10. The SMILES string of the molecule is O=C(NCc1ncccc1F)c1cc(CCNCc2nc3ccccc3[nH]2)ccn1. The van der Waals surface area contributed by atoms with Gasteiger partial charge in [-0.05, 0) is 54.9 Å². The Morgan fingerprint density at radius 1 is 1.03 bits per heavy atom. The Bertz CT molecular complexity index is 1130. The van der Waals surface area contributed by atoms with Crippen LogP contribution in [0.25, 0.3) is 11.0 Å². The maximum Gasteiger partial charge on any atom is 0.270 e. The van der Waals surface area contributed by atoms with E-state index in [2.05, 4.69) is 30.6 Å². The zero-order valence-corrected chi connectivity index (χ0v) is 16.2. The van der Waals surface area contributed by atoms with Crippen molar-refractivity contribution in [3.05, 3.63) is 89.5 Å². The van der Waals surface area contributed by atoms with Crippen LogP contribution in [0.15, 0.2) is 60.9 Å². The first-order chi connectivity index (χ1) is 14.7. The van der Waals surface area contributed by atoms with Gasteiger partial charge in [-0.1, -0.05) is 12.1 Å². The molecule has 0 bridgehead atoms. The monoisotopic (exact) mass is 404 g/mol. The predicted octanol–water partition coefficient (Wildman–Crippen LogP) is 2.75. The first-order valence-corrected chi connectivity index (χ1v) is 9.66. The number of amides is 1. The van der Waals surface area contributed by atoms with Gasteiger partial charge in [-0.25, -0.2) is 9.37 Å². The number of halogens is 1. The lowest BCUT2D eigenvalue weighted by Crippen LogP contribution is -2.25. The number of rotatable bonds is 8. The number of pyridine rings is 2. The first kappa shape index (κ1) is 19.7. The van der Waals surface area contributed by atoms with E-state index in [0.29, 0.717) is 12.2 Å². The standard InChI is InChI=1S/C22H21FN6O/c23-16-4-3-9-25-20(16)13-27-22(30)19-12-15(8-11-26-19)7-10-24-14-21-28-17-5-1-2-6-18(17)29-21/h1-6,8-9,11-12,24H,7,10,13-14H2,(H,27,30)(H,28,29). The van der Waals surface area contributed by atoms with Crippen LogP contribution in [-0.2, 0) is 19.5 Å². The fraction of sp³-hybridized carbons (Fsp3) is 0.182. The van der Waals surface area contributed by atoms with Crippen molar-refractivity contribution in [1.29, 1.82) is 0 Å². The highest BCUT2D eigenvalue weighted by atomic mass is 19.1. The van der Waals surface area contributed by atoms with Crippen LogP contribution in [0.4, 0.5) is 4.39 Å². The molecular weight excluding hydrogens is 383 g/mol. The van der Waals surface area contributed by atoms with Crippen molar-refractivity contribution in [3.8, 4) is 0 Å². The second kappa shape index (κ2) is 9.23. The molecule has 3 N–H and O–H groups in total. The predicted molar refractivity (Wildman–Crippen MR) is 111 cm³/mol. The third-order valence-corrected chi connectivity index (χ3v) is 4.63. The minimum absolute atomic E-state index is 0.0104. The van der Waals surface area contributed by atoms with Gasteiger partial charge in [0.2, 0.25) is 0 Å². The van der Waals surface area contributed by atoms with Crippen molar-refractivity contribution < 1.29 is 9.18 Å². The number of carbonyl (C=O) groups is 1. The van der Waals surface area contributed by atoms with E-state index in [0.717, 1.165) is 35.4 Å². The van der Waals surface area contributed by atoms with Gasteiger partial charge < -0.3 is 15.6 Å². The smallest absolute Gasteiger partial charge is 0.270 e. The van der Waals surface area contributed by atoms with E-state index < -0.39 is 5.82 Å². The topological polar surface area (TPSA) is 95.6 Å². The molecule has 0 unspecified atom stereocenters. The van der Waals surface area contributed by atoms with Crippen molar-refractivity contribution in [2.45, 2.75) is 19.5 Å². The molecule has 0 saturated heterocycles. The van der Waals surface area contributed by atoms with Crippen molar-refractivity contribution in [2.75, 3.05) is 6.54 Å². The Morgan fingerprint density at radius 2 is 1.93 bits per heavy atom. The maximum atomic E-state index is 13.6. The molecule has 3 heterocycles. The number of H-pyrrole nitrogens is 1. The van der Waals surface area contributed by atoms with Gasteiger partial charge in [0, 0.05) is 12.4 Å². The summed E-state index contributed by atoms with van der Waals surface area (Å²) in [6.07, 6.45) is 3.82. The number of fused-ring (bicyclic) bond motifs is 1. The zero-order chi connectivity index (χ0) is 20.8. The molecule has 0 aliphatic rings. The fourth-order valence-corrected chi connectivity index (χ4v) is 3.09. The number of benzene rings is 1. The largest absolute Gasteiger partial charge is 0.345 e. The average Bonchev–Trinajstić information content (AvgIpc) is 3.19. The fourth-order valence-electron chi connectivity index (χ4n) is 3.09. The zero-order valence-electron chi connectivity index (χ0n) is 16.2. The molecule has 1 amide bonds. The summed E-state index contributed by atoms with van der Waals surface area (Å²) in [6.45, 7) is 1.36. The van der Waals surface area contributed by atoms with Crippen molar-refractivity contribution >= 4 is 16.9 Å². The van der Waals surface area contributed by atoms with Crippen LogP contribution in [0.2, 0.25) is 0 Å². The molecule has 30 heavy (non-hydrogen) atoms. The molecule has 0 aliphatic heterocycles. The van der Waals surface area contributed by atoms with E-state index in [4.69, 9.17) is 0 Å². The van der Waals surface area contributed by atoms with Gasteiger partial charge in [0.1, 0.15) is 17.3 Å². The van der Waals surface area contributed by atoms with Gasteiger partial charge in [-0.2, -0.15) is 0 Å². The third kappa shape index (κ3) is 4.84. The van der Waals surface area contributed by atoms with Crippen LogP contribution in [0.1, 0.15) is 27.6 Å². The van der Waals surface area contributed by atoms with Crippen LogP contribution < -0.4 is 10.6 Å². The Hall–Kier alpha value is -3.65. The van der Waals surface area contributed by atoms with Crippen LogP contribution in [0.5, 0.6) is 0 Å². The molecule has 0 radical (unpaired) electrons. The minimum Gasteiger partial charge on any atom is -0.345 e. The number of aromatic nitrogens is 4. The number of carbonyl (C=O) groups excluding carboxylic acids is 1. The summed E-state index contributed by atoms with van der Waals surface area (Å²) in [7, 11) is 0. The van der Waals surface area contributed by atoms with Gasteiger partial charge in [-0.3, -0.25) is 14.8 Å². The number of hydrogen-bond acceptors (Lipinski definition) is 5. The van der Waals surface area contributed by atoms with Crippen LogP contribution in [0.3, 0.4) is 0 Å². The Balaban J connectivity index is 1.27. The molecule has 0 aliphatic carbocycles. The second-order valence-electron chi connectivity index (χ2n) is 6.79. The van der Waals surface area contributed by atoms with Crippen molar-refractivity contribution in [1.82, 2.24) is 30.6 Å². The van der Waals surface area contributed by atoms with E-state index in [1.54, 1.807) is 12.3 Å². The molecule has 4 aromatic rings. The molecule has 1 aromatic carbocycles. The summed E-state index contributed by atoms with van der Waals surface area (Å²) in [5.74, 6) is 0.0694. The van der Waals surface area contributed by atoms with Gasteiger partial charge >= 0.3 is 0 Å². The van der Waals surface area contributed by atoms with Crippen LogP contribution >= 0.6 is 0 Å². The summed E-state index contributed by atoms with van der Waals surface area (Å²) in [5, 5.41) is 6.00. The van der Waals surface area contributed by atoms with E-state index in [1.807, 2.05) is 30.3 Å². The van der Waals surface area contributed by atoms with Crippen molar-refractivity contribution in [2.24, 2.45) is 0 Å². The summed E-state index contributed by atoms with van der Waals surface area (Å²) >= 11 is 0. The third-order valence-electron chi connectivity index (χ3n) is 4.63. The highest BCUT2D eigenvalue weighted by Crippen LogP contribution is 2.10. The molecule has 0 spiro atoms. The molecule has 4 rings (SSSR count). The number of nitrogens with zero attached hydrogens (tertiary/aromatic N) is 3. The molecular formula is C22H21FN6O. The van der Waals surface area contributed by atoms with Crippen molar-refractivity contribution in [3.63, 3.8) is 0 Å². The lowest BCUT2D eigenvalue weighted by atomic mass is 10.1. The highest BCUT2D eigenvalue weighted by molar-refractivity contribution is 5.92. The van der Waals surface area contributed by atoms with Gasteiger partial charge in [-0.15, -0.1) is 0 Å². The Kier molecular flexibility index (Phi) is 6.05. The van der Waals surface area contributed by atoms with E-state index in [9.17, 15) is 9.18 Å². The summed E-state index contributed by atoms with van der Waals surface area (Å²) in [5.41, 5.74) is 3.43. The van der Waals surface area contributed by atoms with Crippen LogP contribution in [-0.4, -0.2) is 32.4 Å². The molecule has 0 saturated carbocycles. The Labute approximate surface area is 172 Å². The normalized spacial score (nSPS) is 11.0. The Morgan fingerprint density at radius 3 is 2.80 bits per heavy atom. The van der Waals surface area contributed by atoms with E-state index in [-0.39, 0.29) is 18.1 Å². The van der Waals surface area contributed by atoms with Gasteiger partial charge in [0.15, 0.2) is 0 Å². The minimum atomic E-state index is -0.449. The number of nitrogens with one attached hydrogen (secondary N) is 3. The molecule has 152 valence electrons. The molecule has 0 fully saturated rings. The van der Waals surface area contributed by atoms with Crippen LogP contribution in [0, 0.1) is 5.82 Å². The second-order valence-corrected chi connectivity index (χ2v) is 6.79. The van der Waals surface area contributed by atoms with E-state index >= 15 is 0 Å². The molecule has 3 aromatic heterocycles. The van der Waals surface area contributed by atoms with Gasteiger partial charge in [0.25, 0.3) is 5.91 Å². The number of hydrogen-bond donors (Lipinski definition) is 3. The van der Waals surface area contributed by atoms with Gasteiger partial charge in [0.05, 0.1) is 29.8 Å². The lowest BCUT2D eigenvalue weighted by molar-refractivity contribution is 0.0945. The average molecular weight is 404 g/mol. The number of aromatic amines is 1. The number of para-hydroxylation sites is 2.